The van der Waals surface area contributed by atoms with Gasteiger partial charge in [0.25, 0.3) is 6.43 Å². The van der Waals surface area contributed by atoms with E-state index in [1.54, 1.807) is 24.3 Å². The van der Waals surface area contributed by atoms with E-state index in [0.29, 0.717) is 73.1 Å². The first-order chi connectivity index (χ1) is 20.1. The fraction of sp³-hybridized carbons (Fsp3) is 0.586. The van der Waals surface area contributed by atoms with Crippen molar-refractivity contribution < 1.29 is 27.8 Å². The standard InChI is InChI=1S/C29H39F2N7O4/c1-29(2,3)42-28(39)33-19-7-5-18(6-8-19)17-32-27-35-23(37-11-13-41-14-12-37)16-24(36-27)38-22-15-20(40-4)9-10-21(22)34-26(38)25(30)31/h9-10,15-16,18-19,25H,5-8,11-14,17H2,1-4H3,(H,33,39)(H,32,35,36). The minimum atomic E-state index is -2.81. The molecule has 1 aliphatic heterocycles. The number of benzene rings is 1. The monoisotopic (exact) mass is 587 g/mol. The molecule has 2 aromatic heterocycles. The lowest BCUT2D eigenvalue weighted by Crippen LogP contribution is -2.41. The number of hydrogen-bond donors (Lipinski definition) is 2. The summed E-state index contributed by atoms with van der Waals surface area (Å²) in [6, 6.07) is 6.83. The van der Waals surface area contributed by atoms with Crippen molar-refractivity contribution in [1.82, 2.24) is 24.8 Å². The first-order valence-electron chi connectivity index (χ1n) is 14.4. The zero-order chi connectivity index (χ0) is 29.9. The zero-order valence-corrected chi connectivity index (χ0v) is 24.5. The lowest BCUT2D eigenvalue weighted by Gasteiger charge is -2.30. The van der Waals surface area contributed by atoms with Crippen molar-refractivity contribution in [3.8, 4) is 11.6 Å². The number of alkyl carbamates (subject to hydrolysis) is 1. The number of amides is 1. The molecule has 2 aliphatic rings. The highest BCUT2D eigenvalue weighted by molar-refractivity contribution is 5.80. The fourth-order valence-corrected chi connectivity index (χ4v) is 5.38. The molecule has 1 aliphatic carbocycles. The molecule has 228 valence electrons. The highest BCUT2D eigenvalue weighted by Gasteiger charge is 2.26. The van der Waals surface area contributed by atoms with Crippen molar-refractivity contribution in [2.45, 2.75) is 64.5 Å². The van der Waals surface area contributed by atoms with Gasteiger partial charge in [-0.05, 0) is 64.5 Å². The van der Waals surface area contributed by atoms with E-state index in [9.17, 15) is 13.6 Å². The Balaban J connectivity index is 1.36. The average Bonchev–Trinajstić information content (AvgIpc) is 3.35. The third-order valence-corrected chi connectivity index (χ3v) is 7.46. The van der Waals surface area contributed by atoms with E-state index in [1.807, 2.05) is 20.8 Å². The topological polar surface area (TPSA) is 116 Å². The number of alkyl halides is 2. The third-order valence-electron chi connectivity index (χ3n) is 7.46. The van der Waals surface area contributed by atoms with Crippen LogP contribution in [0, 0.1) is 5.92 Å². The number of morpholine rings is 1. The van der Waals surface area contributed by atoms with Crippen molar-refractivity contribution in [2.75, 3.05) is 50.2 Å². The lowest BCUT2D eigenvalue weighted by atomic mass is 9.86. The van der Waals surface area contributed by atoms with Gasteiger partial charge >= 0.3 is 6.09 Å². The summed E-state index contributed by atoms with van der Waals surface area (Å²) < 4.78 is 46.1. The number of imidazole rings is 1. The normalized spacial score (nSPS) is 19.6. The van der Waals surface area contributed by atoms with Crippen LogP contribution >= 0.6 is 0 Å². The molecule has 13 heteroatoms. The number of hydrogen-bond acceptors (Lipinski definition) is 9. The highest BCUT2D eigenvalue weighted by atomic mass is 19.3. The number of halogens is 2. The van der Waals surface area contributed by atoms with Gasteiger partial charge in [0.2, 0.25) is 5.95 Å². The number of nitrogens with one attached hydrogen (secondary N) is 2. The van der Waals surface area contributed by atoms with Crippen LogP contribution in [0.15, 0.2) is 24.3 Å². The molecule has 1 aromatic carbocycles. The quantitative estimate of drug-likeness (QED) is 0.372. The maximum absolute atomic E-state index is 14.2. The Morgan fingerprint density at radius 3 is 2.45 bits per heavy atom. The van der Waals surface area contributed by atoms with E-state index < -0.39 is 23.9 Å². The Morgan fingerprint density at radius 2 is 1.79 bits per heavy atom. The first kappa shape index (κ1) is 29.7. The summed E-state index contributed by atoms with van der Waals surface area (Å²) in [6.07, 6.45) is 0.289. The van der Waals surface area contributed by atoms with E-state index in [2.05, 4.69) is 25.5 Å². The summed E-state index contributed by atoms with van der Waals surface area (Å²) in [5.41, 5.74) is 0.354. The second-order valence-corrected chi connectivity index (χ2v) is 11.7. The van der Waals surface area contributed by atoms with Crippen LogP contribution in [0.4, 0.5) is 25.3 Å². The molecular formula is C29H39F2N7O4. The molecule has 5 rings (SSSR count). The summed E-state index contributed by atoms with van der Waals surface area (Å²) in [6.45, 7) is 8.51. The van der Waals surface area contributed by atoms with E-state index in [0.717, 1.165) is 25.7 Å². The smallest absolute Gasteiger partial charge is 0.407 e. The van der Waals surface area contributed by atoms with Crippen molar-refractivity contribution in [1.29, 1.82) is 0 Å². The number of methoxy groups -OCH3 is 1. The number of fused-ring (bicyclic) bond motifs is 1. The third kappa shape index (κ3) is 7.18. The highest BCUT2D eigenvalue weighted by Crippen LogP contribution is 2.32. The molecule has 3 aromatic rings. The predicted molar refractivity (Wildman–Crippen MR) is 155 cm³/mol. The van der Waals surface area contributed by atoms with Crippen LogP contribution in [0.5, 0.6) is 5.75 Å². The van der Waals surface area contributed by atoms with Crippen molar-refractivity contribution in [3.05, 3.63) is 30.1 Å². The van der Waals surface area contributed by atoms with E-state index in [-0.39, 0.29) is 6.04 Å². The van der Waals surface area contributed by atoms with Crippen LogP contribution in [-0.2, 0) is 9.47 Å². The van der Waals surface area contributed by atoms with Crippen LogP contribution < -0.4 is 20.3 Å². The second-order valence-electron chi connectivity index (χ2n) is 11.7. The average molecular weight is 588 g/mol. The molecule has 1 amide bonds. The van der Waals surface area contributed by atoms with Gasteiger partial charge in [-0.2, -0.15) is 9.97 Å². The Kier molecular flexibility index (Phi) is 8.95. The predicted octanol–water partition coefficient (Wildman–Crippen LogP) is 5.09. The maximum Gasteiger partial charge on any atom is 0.407 e. The minimum Gasteiger partial charge on any atom is -0.497 e. The Morgan fingerprint density at radius 1 is 1.07 bits per heavy atom. The number of carbonyl (C=O) groups is 1. The van der Waals surface area contributed by atoms with Gasteiger partial charge in [0.05, 0.1) is 31.4 Å². The largest absolute Gasteiger partial charge is 0.497 e. The second kappa shape index (κ2) is 12.6. The Bertz CT molecular complexity index is 1380. The van der Waals surface area contributed by atoms with Crippen LogP contribution in [0.25, 0.3) is 16.9 Å². The van der Waals surface area contributed by atoms with Crippen LogP contribution in [0.3, 0.4) is 0 Å². The molecule has 42 heavy (non-hydrogen) atoms. The van der Waals surface area contributed by atoms with Gasteiger partial charge in [0.15, 0.2) is 5.82 Å². The van der Waals surface area contributed by atoms with Crippen LogP contribution in [0.2, 0.25) is 0 Å². The number of aromatic nitrogens is 4. The van der Waals surface area contributed by atoms with E-state index >= 15 is 0 Å². The molecule has 2 N–H and O–H groups in total. The van der Waals surface area contributed by atoms with Crippen LogP contribution in [0.1, 0.15) is 58.7 Å². The Labute approximate surface area is 243 Å². The lowest BCUT2D eigenvalue weighted by molar-refractivity contribution is 0.0488. The summed E-state index contributed by atoms with van der Waals surface area (Å²) in [4.78, 5) is 27.9. The Hall–Kier alpha value is -3.74. The summed E-state index contributed by atoms with van der Waals surface area (Å²) in [5.74, 6) is 1.75. The molecular weight excluding hydrogens is 548 g/mol. The van der Waals surface area contributed by atoms with Gasteiger partial charge in [-0.25, -0.2) is 18.6 Å². The molecule has 11 nitrogen and oxygen atoms in total. The van der Waals surface area contributed by atoms with Crippen molar-refractivity contribution >= 4 is 28.9 Å². The van der Waals surface area contributed by atoms with Crippen molar-refractivity contribution in [3.63, 3.8) is 0 Å². The maximum atomic E-state index is 14.2. The minimum absolute atomic E-state index is 0.0721. The molecule has 3 heterocycles. The summed E-state index contributed by atoms with van der Waals surface area (Å²) >= 11 is 0. The zero-order valence-electron chi connectivity index (χ0n) is 24.5. The first-order valence-corrected chi connectivity index (χ1v) is 14.4. The van der Waals surface area contributed by atoms with Gasteiger partial charge < -0.3 is 29.7 Å². The molecule has 0 radical (unpaired) electrons. The number of anilines is 2. The van der Waals surface area contributed by atoms with Gasteiger partial charge in [0.1, 0.15) is 23.0 Å². The molecule has 0 atom stereocenters. The summed E-state index contributed by atoms with van der Waals surface area (Å²) in [5, 5.41) is 6.34. The molecule has 0 spiro atoms. The number of carbonyl (C=O) groups excluding carboxylic acids is 1. The van der Waals surface area contributed by atoms with Gasteiger partial charge in [0, 0.05) is 37.8 Å². The molecule has 1 saturated heterocycles. The molecule has 2 fully saturated rings. The van der Waals surface area contributed by atoms with E-state index in [1.165, 1.54) is 11.7 Å². The van der Waals surface area contributed by atoms with Gasteiger partial charge in [-0.3, -0.25) is 4.57 Å². The van der Waals surface area contributed by atoms with Crippen LogP contribution in [-0.4, -0.2) is 77.2 Å². The van der Waals surface area contributed by atoms with Crippen molar-refractivity contribution in [2.24, 2.45) is 5.92 Å². The molecule has 0 unspecified atom stereocenters. The van der Waals surface area contributed by atoms with Gasteiger partial charge in [-0.1, -0.05) is 0 Å². The number of rotatable bonds is 8. The molecule has 1 saturated carbocycles. The summed E-state index contributed by atoms with van der Waals surface area (Å²) in [7, 11) is 1.53. The fourth-order valence-electron chi connectivity index (χ4n) is 5.38. The SMILES string of the molecule is COc1ccc2nc(C(F)F)n(-c3cc(N4CCOCC4)nc(NCC4CCC(NC(=O)OC(C)(C)C)CC4)n3)c2c1. The number of ether oxygens (including phenoxy) is 3. The van der Waals surface area contributed by atoms with E-state index in [4.69, 9.17) is 19.2 Å². The van der Waals surface area contributed by atoms with Gasteiger partial charge in [-0.15, -0.1) is 0 Å². The molecule has 0 bridgehead atoms. The number of nitrogens with zero attached hydrogens (tertiary/aromatic N) is 5.